The third kappa shape index (κ3) is 5.36. The van der Waals surface area contributed by atoms with E-state index in [-0.39, 0.29) is 6.10 Å². The average Bonchev–Trinajstić information content (AvgIpc) is 2.42. The predicted molar refractivity (Wildman–Crippen MR) is 73.6 cm³/mol. The number of methoxy groups -OCH3 is 1. The molecule has 1 unspecified atom stereocenters. The van der Waals surface area contributed by atoms with Gasteiger partial charge >= 0.3 is 0 Å². The minimum atomic E-state index is 0.183. The van der Waals surface area contributed by atoms with Crippen LogP contribution in [0.3, 0.4) is 0 Å². The molecular weight excluding hydrogens is 228 g/mol. The van der Waals surface area contributed by atoms with Crippen molar-refractivity contribution < 1.29 is 9.53 Å². The SMILES string of the molecule is CNCCC1CCN(C(=O)CCC(C)OC)CC1. The average molecular weight is 256 g/mol. The molecule has 0 aliphatic carbocycles. The number of hydrogen-bond donors (Lipinski definition) is 1. The van der Waals surface area contributed by atoms with Gasteiger partial charge in [-0.15, -0.1) is 0 Å². The molecule has 1 heterocycles. The van der Waals surface area contributed by atoms with Gasteiger partial charge in [0.15, 0.2) is 0 Å². The first-order chi connectivity index (χ1) is 8.67. The van der Waals surface area contributed by atoms with Crippen LogP contribution in [0.25, 0.3) is 0 Å². The van der Waals surface area contributed by atoms with E-state index in [1.807, 2.05) is 18.9 Å². The summed E-state index contributed by atoms with van der Waals surface area (Å²) in [7, 11) is 3.69. The zero-order valence-corrected chi connectivity index (χ0v) is 12.1. The second-order valence-corrected chi connectivity index (χ2v) is 5.30. The Morgan fingerprint density at radius 2 is 2.11 bits per heavy atom. The molecule has 1 aliphatic rings. The third-order valence-corrected chi connectivity index (χ3v) is 3.94. The van der Waals surface area contributed by atoms with Gasteiger partial charge in [0.25, 0.3) is 0 Å². The van der Waals surface area contributed by atoms with Crippen molar-refractivity contribution in [3.8, 4) is 0 Å². The highest BCUT2D eigenvalue weighted by atomic mass is 16.5. The van der Waals surface area contributed by atoms with Gasteiger partial charge in [0.2, 0.25) is 5.91 Å². The van der Waals surface area contributed by atoms with Gasteiger partial charge < -0.3 is 15.0 Å². The fraction of sp³-hybridized carbons (Fsp3) is 0.929. The lowest BCUT2D eigenvalue weighted by atomic mass is 9.93. The number of nitrogens with one attached hydrogen (secondary N) is 1. The summed E-state index contributed by atoms with van der Waals surface area (Å²) in [5, 5.41) is 3.19. The Morgan fingerprint density at radius 3 is 2.67 bits per heavy atom. The molecule has 18 heavy (non-hydrogen) atoms. The molecular formula is C14H28N2O2. The lowest BCUT2D eigenvalue weighted by Crippen LogP contribution is -2.39. The summed E-state index contributed by atoms with van der Waals surface area (Å²) in [5.74, 6) is 1.09. The Hall–Kier alpha value is -0.610. The van der Waals surface area contributed by atoms with Gasteiger partial charge in [-0.1, -0.05) is 0 Å². The molecule has 0 aromatic carbocycles. The monoisotopic (exact) mass is 256 g/mol. The summed E-state index contributed by atoms with van der Waals surface area (Å²) in [4.78, 5) is 14.0. The molecule has 4 heteroatoms. The highest BCUT2D eigenvalue weighted by Crippen LogP contribution is 2.20. The Morgan fingerprint density at radius 1 is 1.44 bits per heavy atom. The highest BCUT2D eigenvalue weighted by Gasteiger charge is 2.22. The molecule has 1 aliphatic heterocycles. The summed E-state index contributed by atoms with van der Waals surface area (Å²) < 4.78 is 5.17. The number of nitrogens with zero attached hydrogens (tertiary/aromatic N) is 1. The maximum Gasteiger partial charge on any atom is 0.222 e. The van der Waals surface area contributed by atoms with Crippen LogP contribution >= 0.6 is 0 Å². The molecule has 0 bridgehead atoms. The van der Waals surface area contributed by atoms with Crippen LogP contribution in [-0.4, -0.2) is 50.7 Å². The van der Waals surface area contributed by atoms with Crippen LogP contribution < -0.4 is 5.32 Å². The second-order valence-electron chi connectivity index (χ2n) is 5.30. The van der Waals surface area contributed by atoms with Gasteiger partial charge in [-0.2, -0.15) is 0 Å². The largest absolute Gasteiger partial charge is 0.382 e. The van der Waals surface area contributed by atoms with Crippen molar-refractivity contribution in [1.29, 1.82) is 0 Å². The van der Waals surface area contributed by atoms with Crippen molar-refractivity contribution >= 4 is 5.91 Å². The standard InChI is InChI=1S/C14H28N2O2/c1-12(18-3)4-5-14(17)16-10-7-13(8-11-16)6-9-15-2/h12-13,15H,4-11H2,1-3H3. The first kappa shape index (κ1) is 15.4. The van der Waals surface area contributed by atoms with E-state index in [0.29, 0.717) is 12.3 Å². The first-order valence-electron chi connectivity index (χ1n) is 7.12. The maximum atomic E-state index is 12.0. The van der Waals surface area contributed by atoms with Crippen molar-refractivity contribution in [2.45, 2.75) is 45.1 Å². The van der Waals surface area contributed by atoms with Crippen LogP contribution in [0.2, 0.25) is 0 Å². The summed E-state index contributed by atoms with van der Waals surface area (Å²) in [6.45, 7) is 4.98. The van der Waals surface area contributed by atoms with E-state index in [4.69, 9.17) is 4.74 Å². The molecule has 0 radical (unpaired) electrons. The molecule has 1 fully saturated rings. The quantitative estimate of drug-likeness (QED) is 0.753. The molecule has 0 aromatic rings. The van der Waals surface area contributed by atoms with Crippen molar-refractivity contribution in [2.75, 3.05) is 33.8 Å². The molecule has 0 aromatic heterocycles. The lowest BCUT2D eigenvalue weighted by molar-refractivity contribution is -0.133. The Bertz CT molecular complexity index is 238. The van der Waals surface area contributed by atoms with Crippen LogP contribution in [0, 0.1) is 5.92 Å². The van der Waals surface area contributed by atoms with E-state index in [2.05, 4.69) is 5.32 Å². The van der Waals surface area contributed by atoms with Gasteiger partial charge in [-0.25, -0.2) is 0 Å². The molecule has 0 saturated carbocycles. The van der Waals surface area contributed by atoms with Crippen molar-refractivity contribution in [2.24, 2.45) is 5.92 Å². The fourth-order valence-electron chi connectivity index (χ4n) is 2.42. The Labute approximate surface area is 111 Å². The minimum Gasteiger partial charge on any atom is -0.382 e. The van der Waals surface area contributed by atoms with E-state index in [1.54, 1.807) is 7.11 Å². The third-order valence-electron chi connectivity index (χ3n) is 3.94. The topological polar surface area (TPSA) is 41.6 Å². The molecule has 0 spiro atoms. The van der Waals surface area contributed by atoms with Crippen LogP contribution in [0.4, 0.5) is 0 Å². The van der Waals surface area contributed by atoms with Crippen molar-refractivity contribution in [1.82, 2.24) is 10.2 Å². The minimum absolute atomic E-state index is 0.183. The van der Waals surface area contributed by atoms with Gasteiger partial charge in [0, 0.05) is 26.6 Å². The molecule has 106 valence electrons. The lowest BCUT2D eigenvalue weighted by Gasteiger charge is -2.32. The Balaban J connectivity index is 2.19. The van der Waals surface area contributed by atoms with E-state index in [1.165, 1.54) is 6.42 Å². The van der Waals surface area contributed by atoms with Gasteiger partial charge in [0.05, 0.1) is 6.10 Å². The smallest absolute Gasteiger partial charge is 0.222 e. The van der Waals surface area contributed by atoms with E-state index >= 15 is 0 Å². The predicted octanol–water partition coefficient (Wildman–Crippen LogP) is 1.65. The zero-order chi connectivity index (χ0) is 13.4. The first-order valence-corrected chi connectivity index (χ1v) is 7.12. The van der Waals surface area contributed by atoms with Crippen molar-refractivity contribution in [3.05, 3.63) is 0 Å². The normalized spacial score (nSPS) is 18.9. The number of carbonyl (C=O) groups excluding carboxylic acids is 1. The molecule has 4 nitrogen and oxygen atoms in total. The van der Waals surface area contributed by atoms with E-state index in [9.17, 15) is 4.79 Å². The molecule has 1 rings (SSSR count). The number of likely N-dealkylation sites (tertiary alicyclic amines) is 1. The van der Waals surface area contributed by atoms with E-state index in [0.717, 1.165) is 44.8 Å². The highest BCUT2D eigenvalue weighted by molar-refractivity contribution is 5.76. The van der Waals surface area contributed by atoms with Gasteiger partial charge in [0.1, 0.15) is 0 Å². The second kappa shape index (κ2) is 8.48. The molecule has 1 N–H and O–H groups in total. The number of piperidine rings is 1. The van der Waals surface area contributed by atoms with Crippen LogP contribution in [0.1, 0.15) is 39.0 Å². The number of hydrogen-bond acceptors (Lipinski definition) is 3. The molecule has 1 amide bonds. The summed E-state index contributed by atoms with van der Waals surface area (Å²) >= 11 is 0. The summed E-state index contributed by atoms with van der Waals surface area (Å²) in [6, 6.07) is 0. The Kier molecular flexibility index (Phi) is 7.28. The fourth-order valence-corrected chi connectivity index (χ4v) is 2.42. The summed E-state index contributed by atoms with van der Waals surface area (Å²) in [6.07, 6.45) is 5.19. The molecule has 1 atom stereocenters. The van der Waals surface area contributed by atoms with Gasteiger partial charge in [-0.05, 0) is 52.1 Å². The number of rotatable bonds is 7. The number of amides is 1. The maximum absolute atomic E-state index is 12.0. The van der Waals surface area contributed by atoms with Crippen LogP contribution in [0.15, 0.2) is 0 Å². The van der Waals surface area contributed by atoms with Crippen LogP contribution in [0.5, 0.6) is 0 Å². The number of carbonyl (C=O) groups is 1. The van der Waals surface area contributed by atoms with Crippen molar-refractivity contribution in [3.63, 3.8) is 0 Å². The van der Waals surface area contributed by atoms with Crippen LogP contribution in [-0.2, 0) is 9.53 Å². The zero-order valence-electron chi connectivity index (χ0n) is 12.1. The van der Waals surface area contributed by atoms with Gasteiger partial charge in [-0.3, -0.25) is 4.79 Å². The van der Waals surface area contributed by atoms with E-state index < -0.39 is 0 Å². The molecule has 1 saturated heterocycles. The number of ether oxygens (including phenoxy) is 1. The summed E-state index contributed by atoms with van der Waals surface area (Å²) in [5.41, 5.74) is 0.